The van der Waals surface area contributed by atoms with E-state index in [-0.39, 0.29) is 11.1 Å². The van der Waals surface area contributed by atoms with Crippen LogP contribution >= 0.6 is 11.8 Å². The molecule has 1 heterocycles. The van der Waals surface area contributed by atoms with Gasteiger partial charge in [-0.1, -0.05) is 43.8 Å². The molecule has 4 nitrogen and oxygen atoms in total. The molecule has 1 aromatic rings. The van der Waals surface area contributed by atoms with Crippen molar-refractivity contribution in [2.24, 2.45) is 0 Å². The highest BCUT2D eigenvalue weighted by Crippen LogP contribution is 2.27. The number of benzene rings is 1. The number of thioether (sulfide) groups is 1. The third kappa shape index (κ3) is 4.00. The molecule has 114 valence electrons. The van der Waals surface area contributed by atoms with E-state index in [1.807, 2.05) is 25.1 Å². The van der Waals surface area contributed by atoms with Crippen molar-refractivity contribution in [3.8, 4) is 0 Å². The van der Waals surface area contributed by atoms with Gasteiger partial charge in [0.25, 0.3) is 5.24 Å². The zero-order valence-electron chi connectivity index (χ0n) is 12.8. The van der Waals surface area contributed by atoms with Crippen LogP contribution in [0.5, 0.6) is 0 Å². The first-order chi connectivity index (χ1) is 9.99. The molecule has 1 aromatic carbocycles. The molecule has 1 aliphatic heterocycles. The van der Waals surface area contributed by atoms with Crippen LogP contribution < -0.4 is 5.32 Å². The number of hydrogen-bond donors (Lipinski definition) is 1. The van der Waals surface area contributed by atoms with E-state index in [0.29, 0.717) is 18.9 Å². The Morgan fingerprint density at radius 2 is 2.19 bits per heavy atom. The van der Waals surface area contributed by atoms with Crippen LogP contribution in [-0.4, -0.2) is 34.9 Å². The molecule has 2 amide bonds. The van der Waals surface area contributed by atoms with Gasteiger partial charge >= 0.3 is 0 Å². The van der Waals surface area contributed by atoms with Gasteiger partial charge in [-0.3, -0.25) is 9.59 Å². The van der Waals surface area contributed by atoms with Gasteiger partial charge in [-0.25, -0.2) is 0 Å². The predicted octanol–water partition coefficient (Wildman–Crippen LogP) is 3.62. The number of carbonyl (C=O) groups is 2. The van der Waals surface area contributed by atoms with Gasteiger partial charge < -0.3 is 10.2 Å². The number of carbonyl (C=O) groups excluding carboxylic acids is 2. The maximum absolute atomic E-state index is 12.1. The number of nitrogens with one attached hydrogen (secondary N) is 1. The van der Waals surface area contributed by atoms with Crippen molar-refractivity contribution < 1.29 is 9.59 Å². The standard InChI is InChI=1S/C16H22N2O2S/c1-11(2)13-6-4-5-12(3)15(13)17-14(19)7-8-18-9-10-21-16(18)20/h4-6,11H,7-10H2,1-3H3,(H,17,19). The molecule has 0 aliphatic carbocycles. The first-order valence-electron chi connectivity index (χ1n) is 7.30. The highest BCUT2D eigenvalue weighted by Gasteiger charge is 2.21. The molecule has 0 saturated carbocycles. The third-order valence-corrected chi connectivity index (χ3v) is 4.54. The Morgan fingerprint density at radius 3 is 2.81 bits per heavy atom. The normalized spacial score (nSPS) is 14.9. The molecule has 1 saturated heterocycles. The van der Waals surface area contributed by atoms with E-state index in [1.54, 1.807) is 4.90 Å². The van der Waals surface area contributed by atoms with Gasteiger partial charge in [-0.2, -0.15) is 0 Å². The van der Waals surface area contributed by atoms with Crippen LogP contribution in [-0.2, 0) is 4.79 Å². The average molecular weight is 306 g/mol. The van der Waals surface area contributed by atoms with E-state index < -0.39 is 0 Å². The second-order valence-corrected chi connectivity index (χ2v) is 6.64. The Morgan fingerprint density at radius 1 is 1.43 bits per heavy atom. The minimum atomic E-state index is -0.0316. The van der Waals surface area contributed by atoms with Crippen LogP contribution in [0, 0.1) is 6.92 Å². The van der Waals surface area contributed by atoms with E-state index in [9.17, 15) is 9.59 Å². The van der Waals surface area contributed by atoms with Crippen molar-refractivity contribution in [3.63, 3.8) is 0 Å². The van der Waals surface area contributed by atoms with Crippen molar-refractivity contribution in [1.82, 2.24) is 4.90 Å². The third-order valence-electron chi connectivity index (χ3n) is 3.65. The Balaban J connectivity index is 1.98. The van der Waals surface area contributed by atoms with Crippen LogP contribution in [0.4, 0.5) is 10.5 Å². The summed E-state index contributed by atoms with van der Waals surface area (Å²) in [5.41, 5.74) is 3.14. The summed E-state index contributed by atoms with van der Waals surface area (Å²) in [6.45, 7) is 7.48. The average Bonchev–Trinajstić information content (AvgIpc) is 2.84. The molecule has 0 atom stereocenters. The Hall–Kier alpha value is -1.49. The molecule has 0 bridgehead atoms. The van der Waals surface area contributed by atoms with Crippen molar-refractivity contribution in [2.45, 2.75) is 33.1 Å². The lowest BCUT2D eigenvalue weighted by atomic mass is 9.98. The summed E-state index contributed by atoms with van der Waals surface area (Å²) in [6, 6.07) is 6.07. The minimum absolute atomic E-state index is 0.0316. The fourth-order valence-electron chi connectivity index (χ4n) is 2.41. The maximum Gasteiger partial charge on any atom is 0.281 e. The summed E-state index contributed by atoms with van der Waals surface area (Å²) in [4.78, 5) is 25.4. The SMILES string of the molecule is Cc1cccc(C(C)C)c1NC(=O)CCN1CCSC1=O. The number of amides is 2. The quantitative estimate of drug-likeness (QED) is 0.904. The number of rotatable bonds is 5. The monoisotopic (exact) mass is 306 g/mol. The summed E-state index contributed by atoms with van der Waals surface area (Å²) in [7, 11) is 0. The molecule has 21 heavy (non-hydrogen) atoms. The van der Waals surface area contributed by atoms with Crippen molar-refractivity contribution in [1.29, 1.82) is 0 Å². The number of para-hydroxylation sites is 1. The van der Waals surface area contributed by atoms with Crippen molar-refractivity contribution in [3.05, 3.63) is 29.3 Å². The van der Waals surface area contributed by atoms with Gasteiger partial charge in [0, 0.05) is 31.0 Å². The first kappa shape index (κ1) is 15.9. The Kier molecular flexibility index (Phi) is 5.28. The Labute approximate surface area is 130 Å². The number of nitrogens with zero attached hydrogens (tertiary/aromatic N) is 1. The highest BCUT2D eigenvalue weighted by atomic mass is 32.2. The van der Waals surface area contributed by atoms with Gasteiger partial charge in [0.1, 0.15) is 0 Å². The van der Waals surface area contributed by atoms with Crippen LogP contribution in [0.25, 0.3) is 0 Å². The fraction of sp³-hybridized carbons (Fsp3) is 0.500. The van der Waals surface area contributed by atoms with Crippen molar-refractivity contribution in [2.75, 3.05) is 24.2 Å². The van der Waals surface area contributed by atoms with Crippen LogP contribution in [0.15, 0.2) is 18.2 Å². The van der Waals surface area contributed by atoms with E-state index in [2.05, 4.69) is 19.2 Å². The number of hydrogen-bond acceptors (Lipinski definition) is 3. The molecule has 1 aliphatic rings. The van der Waals surface area contributed by atoms with Crippen molar-refractivity contribution >= 4 is 28.6 Å². The zero-order chi connectivity index (χ0) is 15.4. The summed E-state index contributed by atoms with van der Waals surface area (Å²) in [5.74, 6) is 1.16. The molecule has 0 spiro atoms. The van der Waals surface area contributed by atoms with Crippen LogP contribution in [0.3, 0.4) is 0 Å². The fourth-order valence-corrected chi connectivity index (χ4v) is 3.26. The highest BCUT2D eigenvalue weighted by molar-refractivity contribution is 8.13. The first-order valence-corrected chi connectivity index (χ1v) is 8.28. The molecular weight excluding hydrogens is 284 g/mol. The van der Waals surface area contributed by atoms with Crippen LogP contribution in [0.1, 0.15) is 37.3 Å². The maximum atomic E-state index is 12.1. The predicted molar refractivity (Wildman–Crippen MR) is 87.9 cm³/mol. The van der Waals surface area contributed by atoms with Gasteiger partial charge in [-0.15, -0.1) is 0 Å². The second-order valence-electron chi connectivity index (χ2n) is 5.59. The summed E-state index contributed by atoms with van der Waals surface area (Å²) >= 11 is 1.33. The lowest BCUT2D eigenvalue weighted by molar-refractivity contribution is -0.116. The lowest BCUT2D eigenvalue weighted by Crippen LogP contribution is -2.28. The van der Waals surface area contributed by atoms with E-state index in [0.717, 1.165) is 29.1 Å². The molecule has 0 aromatic heterocycles. The molecule has 1 N–H and O–H groups in total. The molecule has 0 radical (unpaired) electrons. The van der Waals surface area contributed by atoms with Crippen LogP contribution in [0.2, 0.25) is 0 Å². The Bertz CT molecular complexity index is 543. The van der Waals surface area contributed by atoms with E-state index >= 15 is 0 Å². The molecule has 1 fully saturated rings. The minimum Gasteiger partial charge on any atom is -0.332 e. The van der Waals surface area contributed by atoms with Gasteiger partial charge in [0.15, 0.2) is 0 Å². The summed E-state index contributed by atoms with van der Waals surface area (Å²) < 4.78 is 0. The summed E-state index contributed by atoms with van der Waals surface area (Å²) in [6.07, 6.45) is 0.345. The van der Waals surface area contributed by atoms with Gasteiger partial charge in [0.05, 0.1) is 0 Å². The molecule has 2 rings (SSSR count). The van der Waals surface area contributed by atoms with E-state index in [4.69, 9.17) is 0 Å². The largest absolute Gasteiger partial charge is 0.332 e. The second kappa shape index (κ2) is 6.98. The molecule has 5 heteroatoms. The van der Waals surface area contributed by atoms with Gasteiger partial charge in [-0.05, 0) is 24.0 Å². The summed E-state index contributed by atoms with van der Waals surface area (Å²) in [5, 5.41) is 3.10. The number of anilines is 1. The van der Waals surface area contributed by atoms with E-state index in [1.165, 1.54) is 11.8 Å². The zero-order valence-corrected chi connectivity index (χ0v) is 13.6. The lowest BCUT2D eigenvalue weighted by Gasteiger charge is -2.18. The molecule has 0 unspecified atom stereocenters. The number of aryl methyl sites for hydroxylation is 1. The molecular formula is C16H22N2O2S. The smallest absolute Gasteiger partial charge is 0.281 e. The van der Waals surface area contributed by atoms with Gasteiger partial charge in [0.2, 0.25) is 5.91 Å². The topological polar surface area (TPSA) is 49.4 Å².